The van der Waals surface area contributed by atoms with Gasteiger partial charge in [0.1, 0.15) is 11.9 Å². The Kier molecular flexibility index (Phi) is 5.47. The van der Waals surface area contributed by atoms with E-state index in [0.717, 1.165) is 25.1 Å². The molecule has 0 aromatic carbocycles. The number of amides is 2. The van der Waals surface area contributed by atoms with Gasteiger partial charge >= 0.3 is 6.18 Å². The monoisotopic (exact) mass is 452 g/mol. The van der Waals surface area contributed by atoms with E-state index < -0.39 is 23.7 Å². The maximum Gasteiger partial charge on any atom is 0.417 e. The van der Waals surface area contributed by atoms with Gasteiger partial charge in [0.2, 0.25) is 0 Å². The molecular weight excluding hydrogens is 431 g/mol. The third-order valence-electron chi connectivity index (χ3n) is 6.37. The molecule has 9 nitrogen and oxygen atoms in total. The van der Waals surface area contributed by atoms with Crippen molar-refractivity contribution < 1.29 is 32.4 Å². The number of alkyl halides is 3. The summed E-state index contributed by atoms with van der Waals surface area (Å²) < 4.78 is 43.1. The molecule has 4 rings (SSSR count). The molecule has 1 spiro atoms. The van der Waals surface area contributed by atoms with Gasteiger partial charge in [-0.15, -0.1) is 0 Å². The number of nitrogens with zero attached hydrogens (tertiary/aromatic N) is 4. The van der Waals surface area contributed by atoms with Gasteiger partial charge in [-0.3, -0.25) is 4.79 Å². The second kappa shape index (κ2) is 7.99. The summed E-state index contributed by atoms with van der Waals surface area (Å²) in [6, 6.07) is 3.46. The molecule has 0 unspecified atom stereocenters. The summed E-state index contributed by atoms with van der Waals surface area (Å²) in [5.41, 5.74) is 4.24. The molecule has 3 heterocycles. The number of halogens is 3. The molecule has 2 aromatic heterocycles. The Morgan fingerprint density at radius 1 is 1.28 bits per heavy atom. The van der Waals surface area contributed by atoms with Gasteiger partial charge < -0.3 is 30.0 Å². The molecule has 2 fully saturated rings. The fourth-order valence-corrected chi connectivity index (χ4v) is 4.53. The van der Waals surface area contributed by atoms with Gasteiger partial charge in [0.05, 0.1) is 12.1 Å². The summed E-state index contributed by atoms with van der Waals surface area (Å²) in [4.78, 5) is 29.8. The van der Waals surface area contributed by atoms with Crippen molar-refractivity contribution in [3.05, 3.63) is 41.4 Å². The van der Waals surface area contributed by atoms with Gasteiger partial charge in [0, 0.05) is 31.4 Å². The first-order chi connectivity index (χ1) is 15.1. The van der Waals surface area contributed by atoms with E-state index in [4.69, 9.17) is 10.3 Å². The zero-order chi connectivity index (χ0) is 23.1. The van der Waals surface area contributed by atoms with Crippen LogP contribution in [-0.4, -0.2) is 46.2 Å². The van der Waals surface area contributed by atoms with E-state index in [2.05, 4.69) is 10.1 Å². The topological polar surface area (TPSA) is 129 Å². The number of anilines is 1. The third kappa shape index (κ3) is 4.34. The predicted molar refractivity (Wildman–Crippen MR) is 102 cm³/mol. The van der Waals surface area contributed by atoms with Crippen LogP contribution in [0.25, 0.3) is 0 Å². The van der Waals surface area contributed by atoms with Crippen molar-refractivity contribution in [2.75, 3.05) is 18.0 Å². The minimum absolute atomic E-state index is 0.0272. The van der Waals surface area contributed by atoms with E-state index in [0.29, 0.717) is 31.7 Å². The van der Waals surface area contributed by atoms with Crippen LogP contribution in [0.3, 0.4) is 0 Å². The Hall–Kier alpha value is -3.31. The second-order valence-electron chi connectivity index (χ2n) is 8.39. The summed E-state index contributed by atoms with van der Waals surface area (Å²) in [6.45, 7) is 1.16. The number of hydrogen-bond donors (Lipinski definition) is 1. The van der Waals surface area contributed by atoms with Crippen molar-refractivity contribution in [1.82, 2.24) is 15.0 Å². The van der Waals surface area contributed by atoms with E-state index in [1.807, 2.05) is 4.90 Å². The maximum atomic E-state index is 12.7. The maximum absolute atomic E-state index is 12.7. The van der Waals surface area contributed by atoms with Crippen molar-refractivity contribution in [2.45, 2.75) is 44.4 Å². The Morgan fingerprint density at radius 2 is 1.97 bits per heavy atom. The van der Waals surface area contributed by atoms with E-state index in [9.17, 15) is 27.9 Å². The van der Waals surface area contributed by atoms with Crippen molar-refractivity contribution >= 4 is 17.8 Å². The molecule has 2 aromatic rings. The smallest absolute Gasteiger partial charge is 0.417 e. The number of rotatable bonds is 5. The van der Waals surface area contributed by atoms with Gasteiger partial charge in [0.15, 0.2) is 11.5 Å². The lowest BCUT2D eigenvalue weighted by atomic mass is 9.60. The first kappa shape index (κ1) is 21.9. The van der Waals surface area contributed by atoms with Crippen LogP contribution in [-0.2, 0) is 12.7 Å². The molecule has 32 heavy (non-hydrogen) atoms. The van der Waals surface area contributed by atoms with Gasteiger partial charge in [-0.05, 0) is 43.2 Å². The van der Waals surface area contributed by atoms with Gasteiger partial charge in [-0.25, -0.2) is 4.98 Å². The number of carbonyl (C=O) groups is 2. The SMILES string of the molecule is NC(=O)c1cc(CN(C(=O)[O-])C2CC3(CCN(c4ccc(C(F)(F)F)cn4)CC3)C2)on1. The van der Waals surface area contributed by atoms with Crippen LogP contribution >= 0.6 is 0 Å². The number of piperidine rings is 1. The first-order valence-electron chi connectivity index (χ1n) is 10.1. The molecule has 0 bridgehead atoms. The Morgan fingerprint density at radius 3 is 2.47 bits per heavy atom. The van der Waals surface area contributed by atoms with Gasteiger partial charge in [-0.2, -0.15) is 13.2 Å². The van der Waals surface area contributed by atoms with Crippen LogP contribution < -0.4 is 15.7 Å². The van der Waals surface area contributed by atoms with E-state index in [1.54, 1.807) is 0 Å². The molecule has 0 atom stereocenters. The second-order valence-corrected chi connectivity index (χ2v) is 8.39. The van der Waals surface area contributed by atoms with E-state index >= 15 is 0 Å². The number of aromatic nitrogens is 2. The standard InChI is InChI=1S/C20H22F3N5O4/c21-20(22,23)12-1-2-16(25-10-12)27-5-3-19(4-6-27)8-13(9-19)28(18(30)31)11-14-7-15(17(24)29)26-32-14/h1-2,7,10,13H,3-6,8-9,11H2,(H2,24,29)(H,30,31)/p-1. The lowest BCUT2D eigenvalue weighted by Crippen LogP contribution is -2.58. The number of hydrogen-bond acceptors (Lipinski definition) is 7. The van der Waals surface area contributed by atoms with E-state index in [-0.39, 0.29) is 29.5 Å². The lowest BCUT2D eigenvalue weighted by Gasteiger charge is -2.55. The highest BCUT2D eigenvalue weighted by atomic mass is 19.4. The highest BCUT2D eigenvalue weighted by molar-refractivity contribution is 5.90. The van der Waals surface area contributed by atoms with E-state index in [1.165, 1.54) is 17.0 Å². The molecular formula is C20H21F3N5O4-. The summed E-state index contributed by atoms with van der Waals surface area (Å²) in [6.07, 6.45) is -2.07. The fraction of sp³-hybridized carbons (Fsp3) is 0.500. The summed E-state index contributed by atoms with van der Waals surface area (Å²) in [5.74, 6) is -0.0697. The van der Waals surface area contributed by atoms with Gasteiger partial charge in [0.25, 0.3) is 5.91 Å². The number of primary amides is 1. The van der Waals surface area contributed by atoms with Crippen molar-refractivity contribution in [1.29, 1.82) is 0 Å². The molecule has 2 aliphatic rings. The molecule has 1 saturated heterocycles. The molecule has 1 saturated carbocycles. The molecule has 2 N–H and O–H groups in total. The minimum atomic E-state index is -4.42. The van der Waals surface area contributed by atoms with Crippen LogP contribution in [0.5, 0.6) is 0 Å². The molecule has 172 valence electrons. The van der Waals surface area contributed by atoms with Crippen molar-refractivity contribution in [3.8, 4) is 0 Å². The van der Waals surface area contributed by atoms with Crippen LogP contribution in [0.1, 0.15) is 47.5 Å². The van der Waals surface area contributed by atoms with Crippen LogP contribution in [0.4, 0.5) is 23.8 Å². The largest absolute Gasteiger partial charge is 0.530 e. The van der Waals surface area contributed by atoms with Crippen LogP contribution in [0.2, 0.25) is 0 Å². The van der Waals surface area contributed by atoms with Gasteiger partial charge in [-0.1, -0.05) is 5.16 Å². The summed E-state index contributed by atoms with van der Waals surface area (Å²) in [7, 11) is 0. The number of carboxylic acid groups (broad SMARTS) is 1. The van der Waals surface area contributed by atoms with Crippen molar-refractivity contribution in [2.24, 2.45) is 11.1 Å². The predicted octanol–water partition coefficient (Wildman–Crippen LogP) is 1.78. The number of pyridine rings is 1. The third-order valence-corrected chi connectivity index (χ3v) is 6.37. The Labute approximate surface area is 181 Å². The first-order valence-corrected chi connectivity index (χ1v) is 10.1. The average molecular weight is 452 g/mol. The molecule has 12 heteroatoms. The summed E-state index contributed by atoms with van der Waals surface area (Å²) >= 11 is 0. The number of carbonyl (C=O) groups excluding carboxylic acids is 2. The zero-order valence-corrected chi connectivity index (χ0v) is 17.0. The zero-order valence-electron chi connectivity index (χ0n) is 17.0. The summed E-state index contributed by atoms with van der Waals surface area (Å²) in [5, 5.41) is 15.2. The normalized spacial score (nSPS) is 18.4. The quantitative estimate of drug-likeness (QED) is 0.732. The molecule has 1 aliphatic carbocycles. The van der Waals surface area contributed by atoms with Crippen molar-refractivity contribution in [3.63, 3.8) is 0 Å². The fourth-order valence-electron chi connectivity index (χ4n) is 4.53. The lowest BCUT2D eigenvalue weighted by molar-refractivity contribution is -0.273. The molecule has 2 amide bonds. The minimum Gasteiger partial charge on any atom is -0.530 e. The van der Waals surface area contributed by atoms with Crippen LogP contribution in [0.15, 0.2) is 28.9 Å². The molecule has 0 radical (unpaired) electrons. The average Bonchev–Trinajstić information content (AvgIpc) is 3.19. The van der Waals surface area contributed by atoms with Crippen LogP contribution in [0, 0.1) is 5.41 Å². The highest BCUT2D eigenvalue weighted by Gasteiger charge is 2.48. The number of nitrogens with two attached hydrogens (primary N) is 1. The Bertz CT molecular complexity index is 991. The Balaban J connectivity index is 1.33. The highest BCUT2D eigenvalue weighted by Crippen LogP contribution is 2.51. The molecule has 1 aliphatic heterocycles.